The van der Waals surface area contributed by atoms with Crippen LogP contribution in [-0.2, 0) is 9.53 Å². The van der Waals surface area contributed by atoms with Crippen LogP contribution in [0.5, 0.6) is 11.5 Å². The Morgan fingerprint density at radius 3 is 2.68 bits per heavy atom. The Bertz CT molecular complexity index is 576. The van der Waals surface area contributed by atoms with E-state index < -0.39 is 0 Å². The maximum absolute atomic E-state index is 12.4. The van der Waals surface area contributed by atoms with E-state index in [1.165, 1.54) is 0 Å². The van der Waals surface area contributed by atoms with Crippen LogP contribution < -0.4 is 20.1 Å². The summed E-state index contributed by atoms with van der Waals surface area (Å²) in [7, 11) is 0. The molecule has 6 nitrogen and oxygen atoms in total. The van der Waals surface area contributed by atoms with E-state index in [1.54, 1.807) is 0 Å². The van der Waals surface area contributed by atoms with Gasteiger partial charge in [0.05, 0.1) is 19.3 Å². The number of hydrogen-bond acceptors (Lipinski definition) is 5. The van der Waals surface area contributed by atoms with Gasteiger partial charge in [0.15, 0.2) is 11.5 Å². The second-order valence-corrected chi connectivity index (χ2v) is 6.62. The first-order valence-corrected chi connectivity index (χ1v) is 8.63. The Balaban J connectivity index is 0.00000225. The van der Waals surface area contributed by atoms with Crippen LogP contribution in [0.4, 0.5) is 0 Å². The summed E-state index contributed by atoms with van der Waals surface area (Å²) in [6.07, 6.45) is 0.424. The topological polar surface area (TPSA) is 68.8 Å². The summed E-state index contributed by atoms with van der Waals surface area (Å²) >= 11 is 0. The van der Waals surface area contributed by atoms with Crippen LogP contribution in [-0.4, -0.2) is 44.9 Å². The van der Waals surface area contributed by atoms with Crippen molar-refractivity contribution in [3.63, 3.8) is 0 Å². The minimum absolute atomic E-state index is 0. The molecule has 1 aromatic rings. The number of halogens is 1. The standard InChI is InChI=1S/C18H26N2O4.ClH/c1-12(2)18(20-17(21)10-14-11-22-6-5-19-14)13-3-4-15-16(9-13)24-8-7-23-15;/h3-4,9,12,14,18-19H,5-8,10-11H2,1-2H3,(H,20,21);1H. The van der Waals surface area contributed by atoms with Gasteiger partial charge in [-0.2, -0.15) is 0 Å². The molecule has 2 aliphatic rings. The lowest BCUT2D eigenvalue weighted by Crippen LogP contribution is -2.45. The van der Waals surface area contributed by atoms with Crippen LogP contribution in [0, 0.1) is 5.92 Å². The summed E-state index contributed by atoms with van der Waals surface area (Å²) in [4.78, 5) is 12.4. The van der Waals surface area contributed by atoms with Gasteiger partial charge in [-0.3, -0.25) is 4.79 Å². The molecule has 0 aromatic heterocycles. The summed E-state index contributed by atoms with van der Waals surface area (Å²) in [5.74, 6) is 1.82. The van der Waals surface area contributed by atoms with Gasteiger partial charge in [-0.25, -0.2) is 0 Å². The number of hydrogen-bond donors (Lipinski definition) is 2. The molecule has 1 amide bonds. The number of benzene rings is 1. The van der Waals surface area contributed by atoms with E-state index in [1.807, 2.05) is 18.2 Å². The van der Waals surface area contributed by atoms with E-state index in [4.69, 9.17) is 14.2 Å². The molecule has 2 aliphatic heterocycles. The number of morpholine rings is 1. The van der Waals surface area contributed by atoms with Crippen molar-refractivity contribution in [3.8, 4) is 11.5 Å². The average Bonchev–Trinajstić information content (AvgIpc) is 2.60. The highest BCUT2D eigenvalue weighted by molar-refractivity contribution is 5.85. The number of rotatable bonds is 5. The zero-order valence-electron chi connectivity index (χ0n) is 14.7. The second kappa shape index (κ2) is 9.27. The van der Waals surface area contributed by atoms with Gasteiger partial charge in [-0.1, -0.05) is 19.9 Å². The first-order chi connectivity index (χ1) is 11.6. The summed E-state index contributed by atoms with van der Waals surface area (Å²) in [5.41, 5.74) is 1.04. The molecule has 2 N–H and O–H groups in total. The summed E-state index contributed by atoms with van der Waals surface area (Å²) in [6, 6.07) is 5.92. The molecule has 0 spiro atoms. The van der Waals surface area contributed by atoms with E-state index in [9.17, 15) is 4.79 Å². The molecule has 2 heterocycles. The van der Waals surface area contributed by atoms with Crippen molar-refractivity contribution in [2.24, 2.45) is 5.92 Å². The monoisotopic (exact) mass is 370 g/mol. The summed E-state index contributed by atoms with van der Waals surface area (Å²) in [6.45, 7) is 7.44. The SMILES string of the molecule is CC(C)C(NC(=O)CC1COCCN1)c1ccc2c(c1)OCCO2.Cl. The van der Waals surface area contributed by atoms with E-state index in [0.717, 1.165) is 23.6 Å². The molecule has 0 bridgehead atoms. The van der Waals surface area contributed by atoms with Crippen LogP contribution >= 0.6 is 12.4 Å². The third-order valence-corrected chi connectivity index (χ3v) is 4.34. The maximum Gasteiger partial charge on any atom is 0.222 e. The van der Waals surface area contributed by atoms with Crippen molar-refractivity contribution in [2.75, 3.05) is 33.0 Å². The molecule has 0 aliphatic carbocycles. The number of fused-ring (bicyclic) bond motifs is 1. The van der Waals surface area contributed by atoms with Gasteiger partial charge in [0.1, 0.15) is 13.2 Å². The quantitative estimate of drug-likeness (QED) is 0.830. The molecule has 2 unspecified atom stereocenters. The maximum atomic E-state index is 12.4. The molecule has 0 radical (unpaired) electrons. The molecule has 1 aromatic carbocycles. The summed E-state index contributed by atoms with van der Waals surface area (Å²) < 4.78 is 16.6. The molecule has 140 valence electrons. The average molecular weight is 371 g/mol. The number of carbonyl (C=O) groups excluding carboxylic acids is 1. The normalized spacial score (nSPS) is 20.5. The number of ether oxygens (including phenoxy) is 3. The van der Waals surface area contributed by atoms with E-state index in [0.29, 0.717) is 32.8 Å². The van der Waals surface area contributed by atoms with Crippen LogP contribution in [0.1, 0.15) is 31.9 Å². The Morgan fingerprint density at radius 1 is 1.24 bits per heavy atom. The molecular weight excluding hydrogens is 344 g/mol. The van der Waals surface area contributed by atoms with Crippen molar-refractivity contribution in [3.05, 3.63) is 23.8 Å². The Kier molecular flexibility index (Phi) is 7.35. The molecule has 0 saturated carbocycles. The van der Waals surface area contributed by atoms with Crippen molar-refractivity contribution in [2.45, 2.75) is 32.4 Å². The lowest BCUT2D eigenvalue weighted by Gasteiger charge is -2.27. The molecule has 7 heteroatoms. The first kappa shape index (κ1) is 19.8. The third-order valence-electron chi connectivity index (χ3n) is 4.34. The van der Waals surface area contributed by atoms with E-state index in [2.05, 4.69) is 24.5 Å². The van der Waals surface area contributed by atoms with Crippen LogP contribution in [0.25, 0.3) is 0 Å². The van der Waals surface area contributed by atoms with Crippen molar-refractivity contribution >= 4 is 18.3 Å². The van der Waals surface area contributed by atoms with E-state index >= 15 is 0 Å². The number of amides is 1. The lowest BCUT2D eigenvalue weighted by atomic mass is 9.95. The molecular formula is C18H27ClN2O4. The predicted molar refractivity (Wildman–Crippen MR) is 97.6 cm³/mol. The Morgan fingerprint density at radius 2 is 2.00 bits per heavy atom. The van der Waals surface area contributed by atoms with Gasteiger partial charge < -0.3 is 24.8 Å². The van der Waals surface area contributed by atoms with Crippen LogP contribution in [0.2, 0.25) is 0 Å². The van der Waals surface area contributed by atoms with Gasteiger partial charge >= 0.3 is 0 Å². The first-order valence-electron chi connectivity index (χ1n) is 8.63. The summed E-state index contributed by atoms with van der Waals surface area (Å²) in [5, 5.41) is 6.47. The lowest BCUT2D eigenvalue weighted by molar-refractivity contribution is -0.123. The fraction of sp³-hybridized carbons (Fsp3) is 0.611. The predicted octanol–water partition coefficient (Wildman–Crippen LogP) is 2.07. The molecule has 2 atom stereocenters. The number of carbonyl (C=O) groups is 1. The van der Waals surface area contributed by atoms with Gasteiger partial charge in [0.2, 0.25) is 5.91 Å². The van der Waals surface area contributed by atoms with Gasteiger partial charge in [0.25, 0.3) is 0 Å². The van der Waals surface area contributed by atoms with Crippen molar-refractivity contribution < 1.29 is 19.0 Å². The highest BCUT2D eigenvalue weighted by Crippen LogP contribution is 2.34. The second-order valence-electron chi connectivity index (χ2n) is 6.62. The molecule has 25 heavy (non-hydrogen) atoms. The van der Waals surface area contributed by atoms with Gasteiger partial charge in [-0.05, 0) is 23.6 Å². The highest BCUT2D eigenvalue weighted by atomic mass is 35.5. The van der Waals surface area contributed by atoms with Crippen molar-refractivity contribution in [1.29, 1.82) is 0 Å². The van der Waals surface area contributed by atoms with E-state index in [-0.39, 0.29) is 36.3 Å². The minimum atomic E-state index is -0.0576. The molecule has 3 rings (SSSR count). The highest BCUT2D eigenvalue weighted by Gasteiger charge is 2.23. The minimum Gasteiger partial charge on any atom is -0.486 e. The molecule has 1 saturated heterocycles. The molecule has 1 fully saturated rings. The van der Waals surface area contributed by atoms with Gasteiger partial charge in [0, 0.05) is 19.0 Å². The fourth-order valence-corrected chi connectivity index (χ4v) is 3.10. The Hall–Kier alpha value is -1.50. The smallest absolute Gasteiger partial charge is 0.222 e. The van der Waals surface area contributed by atoms with Crippen molar-refractivity contribution in [1.82, 2.24) is 10.6 Å². The van der Waals surface area contributed by atoms with Crippen LogP contribution in [0.3, 0.4) is 0 Å². The zero-order chi connectivity index (χ0) is 16.9. The van der Waals surface area contributed by atoms with Crippen LogP contribution in [0.15, 0.2) is 18.2 Å². The van der Waals surface area contributed by atoms with Gasteiger partial charge in [-0.15, -0.1) is 12.4 Å². The number of nitrogens with one attached hydrogen (secondary N) is 2. The largest absolute Gasteiger partial charge is 0.486 e. The zero-order valence-corrected chi connectivity index (χ0v) is 15.6. The third kappa shape index (κ3) is 5.23. The Labute approximate surface area is 155 Å². The fourth-order valence-electron chi connectivity index (χ4n) is 3.10.